The van der Waals surface area contributed by atoms with Crippen molar-refractivity contribution in [1.29, 1.82) is 0 Å². The van der Waals surface area contributed by atoms with Gasteiger partial charge in [-0.25, -0.2) is 9.97 Å². The maximum Gasteiger partial charge on any atom is 0.165 e. The molecule has 100 valence electrons. The van der Waals surface area contributed by atoms with Crippen LogP contribution in [0.1, 0.15) is 17.0 Å². The SMILES string of the molecule is Cc1oc2ccccc2c1-c1nc(N)c2c(n1)CSC2. The number of anilines is 1. The molecule has 0 fully saturated rings. The Labute approximate surface area is 120 Å². The zero-order valence-electron chi connectivity index (χ0n) is 11.0. The van der Waals surface area contributed by atoms with Crippen molar-refractivity contribution in [3.05, 3.63) is 41.3 Å². The lowest BCUT2D eigenvalue weighted by Gasteiger charge is -2.05. The Kier molecular flexibility index (Phi) is 2.50. The van der Waals surface area contributed by atoms with Gasteiger partial charge in [-0.3, -0.25) is 0 Å². The second-order valence-electron chi connectivity index (χ2n) is 4.88. The van der Waals surface area contributed by atoms with E-state index in [1.54, 1.807) is 0 Å². The van der Waals surface area contributed by atoms with Gasteiger partial charge in [0, 0.05) is 22.5 Å². The summed E-state index contributed by atoms with van der Waals surface area (Å²) in [5.41, 5.74) is 10.0. The van der Waals surface area contributed by atoms with Gasteiger partial charge in [0.05, 0.1) is 11.3 Å². The molecule has 4 rings (SSSR count). The topological polar surface area (TPSA) is 64.9 Å². The van der Waals surface area contributed by atoms with Crippen LogP contribution in [0.25, 0.3) is 22.4 Å². The summed E-state index contributed by atoms with van der Waals surface area (Å²) >= 11 is 1.82. The van der Waals surface area contributed by atoms with E-state index in [9.17, 15) is 0 Å². The summed E-state index contributed by atoms with van der Waals surface area (Å²) in [4.78, 5) is 9.19. The minimum Gasteiger partial charge on any atom is -0.461 e. The molecule has 0 aliphatic carbocycles. The zero-order valence-corrected chi connectivity index (χ0v) is 11.8. The van der Waals surface area contributed by atoms with E-state index in [1.165, 1.54) is 0 Å². The standard InChI is InChI=1S/C15H13N3OS/c1-8-13(9-4-2-3-5-12(9)19-8)15-17-11-7-20-6-10(11)14(16)18-15/h2-5H,6-7H2,1H3,(H2,16,17,18). The molecular formula is C15H13N3OS. The molecule has 5 heteroatoms. The number of rotatable bonds is 1. The van der Waals surface area contributed by atoms with Gasteiger partial charge in [0.1, 0.15) is 17.2 Å². The maximum absolute atomic E-state index is 6.08. The molecule has 0 saturated heterocycles. The number of aromatic nitrogens is 2. The van der Waals surface area contributed by atoms with Crippen molar-refractivity contribution in [3.63, 3.8) is 0 Å². The number of thioether (sulfide) groups is 1. The lowest BCUT2D eigenvalue weighted by molar-refractivity contribution is 0.579. The van der Waals surface area contributed by atoms with Crippen LogP contribution in [0.15, 0.2) is 28.7 Å². The molecular weight excluding hydrogens is 270 g/mol. The predicted molar refractivity (Wildman–Crippen MR) is 81.4 cm³/mol. The van der Waals surface area contributed by atoms with Crippen molar-refractivity contribution < 1.29 is 4.42 Å². The van der Waals surface area contributed by atoms with Gasteiger partial charge >= 0.3 is 0 Å². The van der Waals surface area contributed by atoms with E-state index in [-0.39, 0.29) is 0 Å². The molecule has 2 aromatic heterocycles. The summed E-state index contributed by atoms with van der Waals surface area (Å²) in [5, 5.41) is 1.04. The van der Waals surface area contributed by atoms with Gasteiger partial charge in [-0.15, -0.1) is 0 Å². The first kappa shape index (κ1) is 11.8. The number of aryl methyl sites for hydroxylation is 1. The highest BCUT2D eigenvalue weighted by molar-refractivity contribution is 7.98. The smallest absolute Gasteiger partial charge is 0.165 e. The van der Waals surface area contributed by atoms with Gasteiger partial charge in [-0.1, -0.05) is 18.2 Å². The predicted octanol–water partition coefficient (Wildman–Crippen LogP) is 3.53. The molecule has 0 amide bonds. The first-order valence-corrected chi connectivity index (χ1v) is 7.61. The summed E-state index contributed by atoms with van der Waals surface area (Å²) in [7, 11) is 0. The fraction of sp³-hybridized carbons (Fsp3) is 0.200. The van der Waals surface area contributed by atoms with Crippen molar-refractivity contribution in [2.24, 2.45) is 0 Å². The average Bonchev–Trinajstić information content (AvgIpc) is 3.01. The molecule has 3 aromatic rings. The van der Waals surface area contributed by atoms with Gasteiger partial charge in [0.2, 0.25) is 0 Å². The van der Waals surface area contributed by atoms with Crippen LogP contribution in [0.2, 0.25) is 0 Å². The van der Waals surface area contributed by atoms with Crippen LogP contribution < -0.4 is 5.73 Å². The summed E-state index contributed by atoms with van der Waals surface area (Å²) in [6.07, 6.45) is 0. The molecule has 1 aliphatic rings. The number of nitrogens with zero attached hydrogens (tertiary/aromatic N) is 2. The Bertz CT molecular complexity index is 825. The Balaban J connectivity index is 2.00. The highest BCUT2D eigenvalue weighted by Crippen LogP contribution is 2.36. The Morgan fingerprint density at radius 3 is 2.95 bits per heavy atom. The van der Waals surface area contributed by atoms with Crippen LogP contribution in [-0.2, 0) is 11.5 Å². The number of furan rings is 1. The Morgan fingerprint density at radius 2 is 2.05 bits per heavy atom. The third-order valence-electron chi connectivity index (χ3n) is 3.61. The quantitative estimate of drug-likeness (QED) is 0.740. The van der Waals surface area contributed by atoms with Crippen LogP contribution in [0.5, 0.6) is 0 Å². The molecule has 1 aliphatic heterocycles. The molecule has 0 unspecified atom stereocenters. The maximum atomic E-state index is 6.08. The first-order valence-electron chi connectivity index (χ1n) is 6.45. The molecule has 0 atom stereocenters. The van der Waals surface area contributed by atoms with E-state index in [0.29, 0.717) is 11.6 Å². The number of hydrogen-bond acceptors (Lipinski definition) is 5. The number of fused-ring (bicyclic) bond motifs is 2. The van der Waals surface area contributed by atoms with Crippen LogP contribution in [-0.4, -0.2) is 9.97 Å². The number of hydrogen-bond donors (Lipinski definition) is 1. The van der Waals surface area contributed by atoms with E-state index in [0.717, 1.165) is 45.1 Å². The van der Waals surface area contributed by atoms with Gasteiger partial charge in [-0.05, 0) is 13.0 Å². The van der Waals surface area contributed by atoms with Gasteiger partial charge in [0.15, 0.2) is 5.82 Å². The molecule has 1 aromatic carbocycles. The molecule has 0 spiro atoms. The van der Waals surface area contributed by atoms with Crippen LogP contribution in [0, 0.1) is 6.92 Å². The minimum absolute atomic E-state index is 0.597. The van der Waals surface area contributed by atoms with E-state index in [1.807, 2.05) is 43.0 Å². The summed E-state index contributed by atoms with van der Waals surface area (Å²) < 4.78 is 5.79. The number of nitrogen functional groups attached to an aromatic ring is 1. The van der Waals surface area contributed by atoms with Gasteiger partial charge in [0.25, 0.3) is 0 Å². The minimum atomic E-state index is 0.597. The number of nitrogens with two attached hydrogens (primary N) is 1. The largest absolute Gasteiger partial charge is 0.461 e. The molecule has 0 saturated carbocycles. The fourth-order valence-electron chi connectivity index (χ4n) is 2.63. The Hall–Kier alpha value is -2.01. The normalized spacial score (nSPS) is 13.8. The summed E-state index contributed by atoms with van der Waals surface area (Å²) in [6.45, 7) is 1.94. The number of para-hydroxylation sites is 1. The summed E-state index contributed by atoms with van der Waals surface area (Å²) in [5.74, 6) is 3.92. The lowest BCUT2D eigenvalue weighted by Crippen LogP contribution is -2.03. The second kappa shape index (κ2) is 4.24. The zero-order chi connectivity index (χ0) is 13.7. The van der Waals surface area contributed by atoms with E-state index in [4.69, 9.17) is 15.1 Å². The summed E-state index contributed by atoms with van der Waals surface area (Å²) in [6, 6.07) is 7.94. The highest BCUT2D eigenvalue weighted by atomic mass is 32.2. The van der Waals surface area contributed by atoms with Crippen molar-refractivity contribution in [2.45, 2.75) is 18.4 Å². The number of benzene rings is 1. The van der Waals surface area contributed by atoms with Crippen molar-refractivity contribution >= 4 is 28.5 Å². The third kappa shape index (κ3) is 1.63. The van der Waals surface area contributed by atoms with Crippen LogP contribution >= 0.6 is 11.8 Å². The molecule has 2 N–H and O–H groups in total. The van der Waals surface area contributed by atoms with Crippen molar-refractivity contribution in [2.75, 3.05) is 5.73 Å². The van der Waals surface area contributed by atoms with E-state index in [2.05, 4.69) is 4.98 Å². The molecule has 4 nitrogen and oxygen atoms in total. The van der Waals surface area contributed by atoms with Crippen molar-refractivity contribution in [3.8, 4) is 11.4 Å². The fourth-order valence-corrected chi connectivity index (χ4v) is 3.69. The van der Waals surface area contributed by atoms with Crippen molar-refractivity contribution in [1.82, 2.24) is 9.97 Å². The molecule has 0 radical (unpaired) electrons. The average molecular weight is 283 g/mol. The van der Waals surface area contributed by atoms with Gasteiger partial charge < -0.3 is 10.2 Å². The van der Waals surface area contributed by atoms with E-state index >= 15 is 0 Å². The third-order valence-corrected chi connectivity index (χ3v) is 4.58. The lowest BCUT2D eigenvalue weighted by atomic mass is 10.1. The highest BCUT2D eigenvalue weighted by Gasteiger charge is 2.21. The Morgan fingerprint density at radius 1 is 1.20 bits per heavy atom. The second-order valence-corrected chi connectivity index (χ2v) is 5.87. The monoisotopic (exact) mass is 283 g/mol. The van der Waals surface area contributed by atoms with Crippen LogP contribution in [0.4, 0.5) is 5.82 Å². The first-order chi connectivity index (χ1) is 9.74. The molecule has 3 heterocycles. The van der Waals surface area contributed by atoms with E-state index < -0.39 is 0 Å². The van der Waals surface area contributed by atoms with Crippen LogP contribution in [0.3, 0.4) is 0 Å². The molecule has 0 bridgehead atoms. The van der Waals surface area contributed by atoms with Gasteiger partial charge in [-0.2, -0.15) is 11.8 Å². The molecule has 20 heavy (non-hydrogen) atoms.